The lowest BCUT2D eigenvalue weighted by molar-refractivity contribution is -0.142. The van der Waals surface area contributed by atoms with Gasteiger partial charge in [0.25, 0.3) is 0 Å². The largest absolute Gasteiger partial charge is 0.460 e. The molecule has 0 aromatic heterocycles. The highest BCUT2D eigenvalue weighted by Crippen LogP contribution is 2.18. The number of esters is 1. The van der Waals surface area contributed by atoms with Crippen LogP contribution in [0.3, 0.4) is 0 Å². The summed E-state index contributed by atoms with van der Waals surface area (Å²) in [5, 5.41) is 3.15. The van der Waals surface area contributed by atoms with Crippen molar-refractivity contribution in [1.29, 1.82) is 0 Å². The van der Waals surface area contributed by atoms with Gasteiger partial charge in [-0.15, -0.1) is 0 Å². The second-order valence-corrected chi connectivity index (χ2v) is 4.03. The Morgan fingerprint density at radius 2 is 2.24 bits per heavy atom. The minimum Gasteiger partial charge on any atom is -0.460 e. The van der Waals surface area contributed by atoms with E-state index in [2.05, 4.69) is 11.9 Å². The van der Waals surface area contributed by atoms with Crippen molar-refractivity contribution in [3.05, 3.63) is 42.0 Å². The number of hydrogen-bond acceptors (Lipinski definition) is 3. The number of benzene rings is 1. The van der Waals surface area contributed by atoms with E-state index in [0.29, 0.717) is 0 Å². The van der Waals surface area contributed by atoms with E-state index in [-0.39, 0.29) is 18.6 Å². The van der Waals surface area contributed by atoms with E-state index in [1.807, 2.05) is 32.0 Å². The second-order valence-electron chi connectivity index (χ2n) is 4.03. The van der Waals surface area contributed by atoms with Gasteiger partial charge < -0.3 is 10.1 Å². The average Bonchev–Trinajstić information content (AvgIpc) is 2.31. The fraction of sp³-hybridized carbons (Fsp3) is 0.357. The first kappa shape index (κ1) is 13.3. The summed E-state index contributed by atoms with van der Waals surface area (Å²) in [7, 11) is 0. The number of hydrogen-bond donors (Lipinski definition) is 1. The molecule has 0 fully saturated rings. The molecule has 92 valence electrons. The molecule has 1 N–H and O–H groups in total. The molecule has 1 aromatic carbocycles. The first-order chi connectivity index (χ1) is 8.06. The molecule has 0 amide bonds. The van der Waals surface area contributed by atoms with E-state index in [1.165, 1.54) is 5.56 Å². The SMILES string of the molecule is C=CCOC(=O)[C@H](C)Nc1cccc(C)c1C. The Balaban J connectivity index is 2.67. The van der Waals surface area contributed by atoms with Crippen LogP contribution >= 0.6 is 0 Å². The van der Waals surface area contributed by atoms with Gasteiger partial charge in [0, 0.05) is 5.69 Å². The molecule has 0 spiro atoms. The van der Waals surface area contributed by atoms with Crippen molar-refractivity contribution in [3.63, 3.8) is 0 Å². The van der Waals surface area contributed by atoms with Crippen LogP contribution in [-0.4, -0.2) is 18.6 Å². The van der Waals surface area contributed by atoms with Gasteiger partial charge >= 0.3 is 5.97 Å². The van der Waals surface area contributed by atoms with Crippen molar-refractivity contribution in [2.75, 3.05) is 11.9 Å². The molecule has 0 bridgehead atoms. The zero-order valence-electron chi connectivity index (χ0n) is 10.6. The van der Waals surface area contributed by atoms with Gasteiger partial charge in [-0.05, 0) is 38.0 Å². The predicted molar refractivity (Wildman–Crippen MR) is 70.2 cm³/mol. The van der Waals surface area contributed by atoms with Crippen LogP contribution in [0.5, 0.6) is 0 Å². The van der Waals surface area contributed by atoms with Crippen LogP contribution in [0.15, 0.2) is 30.9 Å². The topological polar surface area (TPSA) is 38.3 Å². The number of nitrogens with one attached hydrogen (secondary N) is 1. The fourth-order valence-electron chi connectivity index (χ4n) is 1.47. The smallest absolute Gasteiger partial charge is 0.328 e. The van der Waals surface area contributed by atoms with Gasteiger partial charge in [-0.1, -0.05) is 24.8 Å². The number of carbonyl (C=O) groups excluding carboxylic acids is 1. The summed E-state index contributed by atoms with van der Waals surface area (Å²) in [4.78, 5) is 11.6. The summed E-state index contributed by atoms with van der Waals surface area (Å²) in [5.74, 6) is -0.272. The molecule has 0 aliphatic carbocycles. The molecule has 3 heteroatoms. The van der Waals surface area contributed by atoms with Gasteiger partial charge in [0.15, 0.2) is 0 Å². The number of rotatable bonds is 5. The molecule has 3 nitrogen and oxygen atoms in total. The van der Waals surface area contributed by atoms with E-state index in [9.17, 15) is 4.79 Å². The molecule has 1 rings (SSSR count). The quantitative estimate of drug-likeness (QED) is 0.627. The Hall–Kier alpha value is -1.77. The number of carbonyl (C=O) groups is 1. The lowest BCUT2D eigenvalue weighted by atomic mass is 10.1. The first-order valence-corrected chi connectivity index (χ1v) is 5.66. The third-order valence-electron chi connectivity index (χ3n) is 2.67. The lowest BCUT2D eigenvalue weighted by Gasteiger charge is -2.16. The third kappa shape index (κ3) is 3.63. The van der Waals surface area contributed by atoms with Crippen LogP contribution < -0.4 is 5.32 Å². The van der Waals surface area contributed by atoms with Crippen LogP contribution in [0, 0.1) is 13.8 Å². The van der Waals surface area contributed by atoms with Gasteiger partial charge in [0.2, 0.25) is 0 Å². The summed E-state index contributed by atoms with van der Waals surface area (Å²) in [6.07, 6.45) is 1.56. The minimum absolute atomic E-state index is 0.248. The summed E-state index contributed by atoms with van der Waals surface area (Å²) in [6, 6.07) is 5.60. The molecule has 0 unspecified atom stereocenters. The van der Waals surface area contributed by atoms with Gasteiger partial charge in [-0.25, -0.2) is 4.79 Å². The monoisotopic (exact) mass is 233 g/mol. The van der Waals surface area contributed by atoms with Gasteiger partial charge in [-0.2, -0.15) is 0 Å². The zero-order valence-corrected chi connectivity index (χ0v) is 10.6. The minimum atomic E-state index is -0.365. The molecule has 0 heterocycles. The second kappa shape index (κ2) is 6.09. The van der Waals surface area contributed by atoms with Gasteiger partial charge in [0.05, 0.1) is 0 Å². The van der Waals surface area contributed by atoms with Crippen LogP contribution in [-0.2, 0) is 9.53 Å². The Morgan fingerprint density at radius 3 is 2.88 bits per heavy atom. The summed E-state index contributed by atoms with van der Waals surface area (Å²) in [6.45, 7) is 9.61. The predicted octanol–water partition coefficient (Wildman–Crippen LogP) is 2.83. The fourth-order valence-corrected chi connectivity index (χ4v) is 1.47. The maximum Gasteiger partial charge on any atom is 0.328 e. The Kier molecular flexibility index (Phi) is 4.76. The van der Waals surface area contributed by atoms with Crippen molar-refractivity contribution in [2.45, 2.75) is 26.8 Å². The highest BCUT2D eigenvalue weighted by atomic mass is 16.5. The van der Waals surface area contributed by atoms with Crippen molar-refractivity contribution in [1.82, 2.24) is 0 Å². The van der Waals surface area contributed by atoms with E-state index in [1.54, 1.807) is 13.0 Å². The molecule has 0 aliphatic rings. The molecular formula is C14H19NO2. The number of anilines is 1. The van der Waals surface area contributed by atoms with Crippen LogP contribution in [0.4, 0.5) is 5.69 Å². The maximum atomic E-state index is 11.6. The molecule has 0 radical (unpaired) electrons. The molecule has 1 aromatic rings. The highest BCUT2D eigenvalue weighted by molar-refractivity contribution is 5.79. The van der Waals surface area contributed by atoms with Gasteiger partial charge in [-0.3, -0.25) is 0 Å². The molecule has 17 heavy (non-hydrogen) atoms. The normalized spacial score (nSPS) is 11.7. The Labute approximate surface area is 102 Å². The van der Waals surface area contributed by atoms with Crippen LogP contribution in [0.2, 0.25) is 0 Å². The molecule has 1 atom stereocenters. The lowest BCUT2D eigenvalue weighted by Crippen LogP contribution is -2.28. The van der Waals surface area contributed by atoms with Crippen molar-refractivity contribution < 1.29 is 9.53 Å². The number of ether oxygens (including phenoxy) is 1. The van der Waals surface area contributed by atoms with E-state index < -0.39 is 0 Å². The van der Waals surface area contributed by atoms with E-state index in [0.717, 1.165) is 11.3 Å². The molecular weight excluding hydrogens is 214 g/mol. The summed E-state index contributed by atoms with van der Waals surface area (Å²) in [5.41, 5.74) is 3.31. The molecule has 0 aliphatic heterocycles. The van der Waals surface area contributed by atoms with Crippen LogP contribution in [0.1, 0.15) is 18.1 Å². The molecule has 0 saturated carbocycles. The summed E-state index contributed by atoms with van der Waals surface area (Å²) >= 11 is 0. The van der Waals surface area contributed by atoms with Gasteiger partial charge in [0.1, 0.15) is 12.6 Å². The van der Waals surface area contributed by atoms with Crippen LogP contribution in [0.25, 0.3) is 0 Å². The highest BCUT2D eigenvalue weighted by Gasteiger charge is 2.14. The standard InChI is InChI=1S/C14H19NO2/c1-5-9-17-14(16)12(4)15-13-8-6-7-10(2)11(13)3/h5-8,12,15H,1,9H2,2-4H3/t12-/m0/s1. The van der Waals surface area contributed by atoms with E-state index in [4.69, 9.17) is 4.74 Å². The van der Waals surface area contributed by atoms with Crippen molar-refractivity contribution >= 4 is 11.7 Å². The zero-order chi connectivity index (χ0) is 12.8. The first-order valence-electron chi connectivity index (χ1n) is 5.66. The number of aryl methyl sites for hydroxylation is 1. The van der Waals surface area contributed by atoms with Crippen molar-refractivity contribution in [3.8, 4) is 0 Å². The average molecular weight is 233 g/mol. The van der Waals surface area contributed by atoms with E-state index >= 15 is 0 Å². The Morgan fingerprint density at radius 1 is 1.53 bits per heavy atom. The van der Waals surface area contributed by atoms with Crippen molar-refractivity contribution in [2.24, 2.45) is 0 Å². The summed E-state index contributed by atoms with van der Waals surface area (Å²) < 4.78 is 4.98. The molecule has 0 saturated heterocycles. The Bertz CT molecular complexity index is 413. The third-order valence-corrected chi connectivity index (χ3v) is 2.67. The maximum absolute atomic E-state index is 11.6.